The molecule has 154 valence electrons. The number of carbonyl (C=O) groups excluding carboxylic acids is 1. The molecule has 0 atom stereocenters. The largest absolute Gasteiger partial charge is 0.419 e. The Morgan fingerprint density at radius 2 is 1.87 bits per heavy atom. The zero-order valence-corrected chi connectivity index (χ0v) is 17.0. The van der Waals surface area contributed by atoms with E-state index in [0.29, 0.717) is 22.9 Å². The van der Waals surface area contributed by atoms with Crippen molar-refractivity contribution in [3.63, 3.8) is 0 Å². The van der Waals surface area contributed by atoms with Gasteiger partial charge in [0.2, 0.25) is 5.91 Å². The highest BCUT2D eigenvalue weighted by Crippen LogP contribution is 2.25. The molecular formula is C21H22N6O3. The quantitative estimate of drug-likeness (QED) is 0.546. The van der Waals surface area contributed by atoms with Crippen molar-refractivity contribution in [3.05, 3.63) is 65.0 Å². The summed E-state index contributed by atoms with van der Waals surface area (Å²) in [5, 5.41) is 7.44. The maximum Gasteiger partial charge on any atom is 0.419 e. The molecule has 30 heavy (non-hydrogen) atoms. The van der Waals surface area contributed by atoms with Gasteiger partial charge in [-0.1, -0.05) is 32.9 Å². The van der Waals surface area contributed by atoms with Crippen molar-refractivity contribution < 1.29 is 9.21 Å². The Labute approximate surface area is 172 Å². The van der Waals surface area contributed by atoms with Crippen molar-refractivity contribution in [2.45, 2.75) is 39.2 Å². The zero-order chi connectivity index (χ0) is 21.3. The van der Waals surface area contributed by atoms with Crippen LogP contribution in [0.3, 0.4) is 0 Å². The molecular weight excluding hydrogens is 384 g/mol. The topological polar surface area (TPSA) is 108 Å². The number of para-hydroxylation sites is 2. The number of aryl methyl sites for hydroxylation is 1. The standard InChI is InChI=1S/C21H22N6O3/c1-21(2,3)16-13-17(27(25-16)19-22-10-6-11-23-19)24-18(28)9-12-26-14-7-4-5-8-15(14)30-20(26)29/h4-8,10-11,13H,9,12H2,1-3H3,(H,24,28). The number of aromatic nitrogens is 5. The van der Waals surface area contributed by atoms with Crippen LogP contribution in [0.15, 0.2) is 58.0 Å². The smallest absolute Gasteiger partial charge is 0.408 e. The van der Waals surface area contributed by atoms with E-state index in [9.17, 15) is 9.59 Å². The maximum absolute atomic E-state index is 12.7. The first-order valence-corrected chi connectivity index (χ1v) is 9.59. The zero-order valence-electron chi connectivity index (χ0n) is 17.0. The minimum absolute atomic E-state index is 0.0924. The summed E-state index contributed by atoms with van der Waals surface area (Å²) >= 11 is 0. The van der Waals surface area contributed by atoms with Gasteiger partial charge in [-0.2, -0.15) is 9.78 Å². The van der Waals surface area contributed by atoms with Gasteiger partial charge in [0.05, 0.1) is 11.2 Å². The van der Waals surface area contributed by atoms with Crippen LogP contribution in [-0.2, 0) is 16.8 Å². The Bertz CT molecular complexity index is 1250. The predicted octanol–water partition coefficient (Wildman–Crippen LogP) is 2.90. The molecule has 0 bridgehead atoms. The molecule has 0 aliphatic rings. The fourth-order valence-corrected chi connectivity index (χ4v) is 3.03. The van der Waals surface area contributed by atoms with E-state index < -0.39 is 5.76 Å². The average Bonchev–Trinajstić information content (AvgIpc) is 3.27. The van der Waals surface area contributed by atoms with Crippen LogP contribution in [0.4, 0.5) is 5.82 Å². The van der Waals surface area contributed by atoms with Gasteiger partial charge in [-0.25, -0.2) is 14.8 Å². The van der Waals surface area contributed by atoms with E-state index in [2.05, 4.69) is 20.4 Å². The lowest BCUT2D eigenvalue weighted by molar-refractivity contribution is -0.116. The molecule has 0 saturated heterocycles. The Morgan fingerprint density at radius 1 is 1.13 bits per heavy atom. The SMILES string of the molecule is CC(C)(C)c1cc(NC(=O)CCn2c(=O)oc3ccccc32)n(-c2ncccn2)n1. The maximum atomic E-state index is 12.7. The molecule has 0 radical (unpaired) electrons. The number of hydrogen-bond acceptors (Lipinski definition) is 6. The third-order valence-electron chi connectivity index (χ3n) is 4.62. The number of nitrogens with one attached hydrogen (secondary N) is 1. The Kier molecular flexibility index (Phi) is 4.94. The molecule has 0 saturated carbocycles. The highest BCUT2D eigenvalue weighted by atomic mass is 16.4. The Morgan fingerprint density at radius 3 is 2.60 bits per heavy atom. The molecule has 0 aliphatic carbocycles. The van der Waals surface area contributed by atoms with E-state index in [-0.39, 0.29) is 24.3 Å². The molecule has 0 spiro atoms. The van der Waals surface area contributed by atoms with Crippen LogP contribution in [-0.4, -0.2) is 30.2 Å². The van der Waals surface area contributed by atoms with Gasteiger partial charge < -0.3 is 9.73 Å². The number of fused-ring (bicyclic) bond motifs is 1. The third-order valence-corrected chi connectivity index (χ3v) is 4.62. The molecule has 4 aromatic rings. The van der Waals surface area contributed by atoms with Crippen molar-refractivity contribution in [1.29, 1.82) is 0 Å². The van der Waals surface area contributed by atoms with Gasteiger partial charge in [0, 0.05) is 36.8 Å². The number of rotatable bonds is 5. The second-order valence-electron chi connectivity index (χ2n) is 7.91. The van der Waals surface area contributed by atoms with Crippen LogP contribution in [0.2, 0.25) is 0 Å². The molecule has 0 unspecified atom stereocenters. The summed E-state index contributed by atoms with van der Waals surface area (Å²) in [6.07, 6.45) is 3.32. The van der Waals surface area contributed by atoms with Gasteiger partial charge in [0.15, 0.2) is 5.58 Å². The van der Waals surface area contributed by atoms with E-state index in [1.807, 2.05) is 32.9 Å². The van der Waals surface area contributed by atoms with E-state index in [0.717, 1.165) is 5.69 Å². The third kappa shape index (κ3) is 3.86. The van der Waals surface area contributed by atoms with Crippen LogP contribution in [0, 0.1) is 0 Å². The fraction of sp³-hybridized carbons (Fsp3) is 0.286. The van der Waals surface area contributed by atoms with Crippen LogP contribution in [0.5, 0.6) is 0 Å². The first-order valence-electron chi connectivity index (χ1n) is 9.59. The molecule has 0 aliphatic heterocycles. The summed E-state index contributed by atoms with van der Waals surface area (Å²) in [4.78, 5) is 33.2. The number of carbonyl (C=O) groups is 1. The van der Waals surface area contributed by atoms with Crippen LogP contribution in [0.25, 0.3) is 17.0 Å². The highest BCUT2D eigenvalue weighted by Gasteiger charge is 2.22. The van der Waals surface area contributed by atoms with Crippen molar-refractivity contribution in [3.8, 4) is 5.95 Å². The molecule has 4 rings (SSSR count). The van der Waals surface area contributed by atoms with Crippen LogP contribution in [0.1, 0.15) is 32.9 Å². The van der Waals surface area contributed by atoms with E-state index >= 15 is 0 Å². The lowest BCUT2D eigenvalue weighted by atomic mass is 9.92. The summed E-state index contributed by atoms with van der Waals surface area (Å²) in [5.41, 5.74) is 1.73. The number of amides is 1. The number of anilines is 1. The van der Waals surface area contributed by atoms with Crippen molar-refractivity contribution in [1.82, 2.24) is 24.3 Å². The predicted molar refractivity (Wildman–Crippen MR) is 112 cm³/mol. The van der Waals surface area contributed by atoms with Gasteiger partial charge in [-0.05, 0) is 18.2 Å². The summed E-state index contributed by atoms with van der Waals surface area (Å²) in [6, 6.07) is 10.6. The second kappa shape index (κ2) is 7.58. The molecule has 3 aromatic heterocycles. The van der Waals surface area contributed by atoms with Gasteiger partial charge >= 0.3 is 5.76 Å². The molecule has 1 aromatic carbocycles. The average molecular weight is 406 g/mol. The Balaban J connectivity index is 1.56. The van der Waals surface area contributed by atoms with E-state index in [4.69, 9.17) is 4.42 Å². The first-order chi connectivity index (χ1) is 14.3. The van der Waals surface area contributed by atoms with Crippen LogP contribution >= 0.6 is 0 Å². The number of hydrogen-bond donors (Lipinski definition) is 1. The lowest BCUT2D eigenvalue weighted by Crippen LogP contribution is -2.21. The lowest BCUT2D eigenvalue weighted by Gasteiger charge is -2.13. The fourth-order valence-electron chi connectivity index (χ4n) is 3.03. The van der Waals surface area contributed by atoms with Crippen molar-refractivity contribution >= 4 is 22.8 Å². The molecule has 1 N–H and O–H groups in total. The Hall–Kier alpha value is -3.75. The van der Waals surface area contributed by atoms with Crippen LogP contribution < -0.4 is 11.1 Å². The van der Waals surface area contributed by atoms with E-state index in [1.54, 1.807) is 36.7 Å². The number of benzene rings is 1. The summed E-state index contributed by atoms with van der Waals surface area (Å²) in [5.74, 6) is 0.0901. The summed E-state index contributed by atoms with van der Waals surface area (Å²) in [6.45, 7) is 6.30. The normalized spacial score (nSPS) is 11.7. The monoisotopic (exact) mass is 406 g/mol. The van der Waals surface area contributed by atoms with Crippen molar-refractivity contribution in [2.75, 3.05) is 5.32 Å². The second-order valence-corrected chi connectivity index (χ2v) is 7.91. The molecule has 9 nitrogen and oxygen atoms in total. The minimum atomic E-state index is -0.484. The number of oxazole rings is 1. The van der Waals surface area contributed by atoms with Gasteiger partial charge in [0.1, 0.15) is 5.82 Å². The summed E-state index contributed by atoms with van der Waals surface area (Å²) in [7, 11) is 0. The van der Waals surface area contributed by atoms with E-state index in [1.165, 1.54) is 9.25 Å². The molecule has 1 amide bonds. The summed E-state index contributed by atoms with van der Waals surface area (Å²) < 4.78 is 8.18. The van der Waals surface area contributed by atoms with Gasteiger partial charge in [-0.3, -0.25) is 9.36 Å². The molecule has 9 heteroatoms. The first kappa shape index (κ1) is 19.6. The number of nitrogens with zero attached hydrogens (tertiary/aromatic N) is 5. The highest BCUT2D eigenvalue weighted by molar-refractivity contribution is 5.90. The van der Waals surface area contributed by atoms with Gasteiger partial charge in [0.25, 0.3) is 5.95 Å². The molecule has 3 heterocycles. The minimum Gasteiger partial charge on any atom is -0.408 e. The van der Waals surface area contributed by atoms with Gasteiger partial charge in [-0.15, -0.1) is 0 Å². The molecule has 0 fully saturated rings. The van der Waals surface area contributed by atoms with Crippen molar-refractivity contribution in [2.24, 2.45) is 0 Å².